The van der Waals surface area contributed by atoms with Gasteiger partial charge in [-0.05, 0) is 32.0 Å². The first-order valence-corrected chi connectivity index (χ1v) is 6.45. The number of aromatic hydroxyl groups is 1. The molecule has 0 radical (unpaired) electrons. The molecule has 0 aromatic heterocycles. The van der Waals surface area contributed by atoms with E-state index in [9.17, 15) is 5.11 Å². The van der Waals surface area contributed by atoms with Crippen molar-refractivity contribution in [2.45, 2.75) is 25.9 Å². The minimum absolute atomic E-state index is 0.214. The van der Waals surface area contributed by atoms with Gasteiger partial charge in [0.05, 0.1) is 7.11 Å². The fourth-order valence-corrected chi connectivity index (χ4v) is 2.78. The summed E-state index contributed by atoms with van der Waals surface area (Å²) in [5.41, 5.74) is 3.64. The first kappa shape index (κ1) is 13.7. The third-order valence-corrected chi connectivity index (χ3v) is 3.80. The van der Waals surface area contributed by atoms with Crippen LogP contribution < -0.4 is 4.74 Å². The number of fused-ring (bicyclic) bond motifs is 1. The second-order valence-corrected chi connectivity index (χ2v) is 5.04. The van der Waals surface area contributed by atoms with Crippen molar-refractivity contribution in [2.24, 2.45) is 0 Å². The van der Waals surface area contributed by atoms with E-state index >= 15 is 0 Å². The molecule has 0 spiro atoms. The number of allylic oxidation sites excluding steroid dienone is 2. The molecule has 1 N–H and O–H groups in total. The van der Waals surface area contributed by atoms with Gasteiger partial charge in [-0.2, -0.15) is 0 Å². The van der Waals surface area contributed by atoms with Crippen molar-refractivity contribution in [1.29, 1.82) is 0 Å². The molecule has 0 fully saturated rings. The van der Waals surface area contributed by atoms with Crippen LogP contribution in [0.15, 0.2) is 36.4 Å². The predicted molar refractivity (Wildman–Crippen MR) is 77.6 cm³/mol. The molecule has 1 heterocycles. The van der Waals surface area contributed by atoms with Crippen LogP contribution in [-0.4, -0.2) is 30.2 Å². The third-order valence-electron chi connectivity index (χ3n) is 3.80. The standard InChI is InChI=1S/C16H21NO2/c1-5-6-11(2)14-9-12-7-8-15(18)16(19-4)13(12)10-17(14)3/h5-8,14,18H,1,9-10H2,2-4H3/b11-6+/t14-/m0/s1. The highest BCUT2D eigenvalue weighted by molar-refractivity contribution is 5.51. The highest BCUT2D eigenvalue weighted by Crippen LogP contribution is 2.37. The van der Waals surface area contributed by atoms with E-state index in [2.05, 4.69) is 31.5 Å². The van der Waals surface area contributed by atoms with Crippen LogP contribution in [0.4, 0.5) is 0 Å². The smallest absolute Gasteiger partial charge is 0.165 e. The first-order valence-electron chi connectivity index (χ1n) is 6.45. The molecule has 0 amide bonds. The van der Waals surface area contributed by atoms with Gasteiger partial charge in [0.15, 0.2) is 11.5 Å². The maximum Gasteiger partial charge on any atom is 0.165 e. The van der Waals surface area contributed by atoms with Crippen LogP contribution in [0.1, 0.15) is 18.1 Å². The number of hydrogen-bond acceptors (Lipinski definition) is 3. The van der Waals surface area contributed by atoms with E-state index in [1.165, 1.54) is 11.1 Å². The monoisotopic (exact) mass is 259 g/mol. The Balaban J connectivity index is 2.39. The van der Waals surface area contributed by atoms with Crippen molar-refractivity contribution >= 4 is 0 Å². The molecule has 3 nitrogen and oxygen atoms in total. The normalized spacial score (nSPS) is 19.9. The van der Waals surface area contributed by atoms with Crippen molar-refractivity contribution in [3.8, 4) is 11.5 Å². The van der Waals surface area contributed by atoms with Crippen LogP contribution in [0.3, 0.4) is 0 Å². The lowest BCUT2D eigenvalue weighted by molar-refractivity contribution is 0.237. The molecular formula is C16H21NO2. The summed E-state index contributed by atoms with van der Waals surface area (Å²) in [7, 11) is 3.70. The molecule has 1 aromatic carbocycles. The second-order valence-electron chi connectivity index (χ2n) is 5.04. The molecule has 0 unspecified atom stereocenters. The number of likely N-dealkylation sites (N-methyl/N-ethyl adjacent to an activating group) is 1. The average molecular weight is 259 g/mol. The van der Waals surface area contributed by atoms with Crippen LogP contribution in [0.25, 0.3) is 0 Å². The molecule has 102 valence electrons. The van der Waals surface area contributed by atoms with E-state index < -0.39 is 0 Å². The average Bonchev–Trinajstić information content (AvgIpc) is 2.38. The summed E-state index contributed by atoms with van der Waals surface area (Å²) in [4.78, 5) is 2.28. The minimum atomic E-state index is 0.214. The van der Waals surface area contributed by atoms with Gasteiger partial charge in [0.1, 0.15) is 0 Å². The second kappa shape index (κ2) is 5.49. The number of phenols is 1. The Kier molecular flexibility index (Phi) is 3.96. The predicted octanol–water partition coefficient (Wildman–Crippen LogP) is 2.89. The molecule has 0 saturated carbocycles. The third kappa shape index (κ3) is 2.51. The number of methoxy groups -OCH3 is 1. The largest absolute Gasteiger partial charge is 0.504 e. The number of rotatable bonds is 3. The van der Waals surface area contributed by atoms with E-state index in [1.807, 2.05) is 12.1 Å². The zero-order valence-corrected chi connectivity index (χ0v) is 11.8. The number of nitrogens with zero attached hydrogens (tertiary/aromatic N) is 1. The summed E-state index contributed by atoms with van der Waals surface area (Å²) in [6.45, 7) is 6.66. The molecule has 3 heteroatoms. The van der Waals surface area contributed by atoms with Gasteiger partial charge in [-0.15, -0.1) is 0 Å². The topological polar surface area (TPSA) is 32.7 Å². The Hall–Kier alpha value is -1.74. The van der Waals surface area contributed by atoms with Crippen molar-refractivity contribution in [2.75, 3.05) is 14.2 Å². The molecule has 1 aromatic rings. The van der Waals surface area contributed by atoms with Gasteiger partial charge >= 0.3 is 0 Å². The molecule has 0 saturated heterocycles. The van der Waals surface area contributed by atoms with Crippen molar-refractivity contribution in [3.05, 3.63) is 47.6 Å². The first-order chi connectivity index (χ1) is 9.08. The molecule has 19 heavy (non-hydrogen) atoms. The fraction of sp³-hybridized carbons (Fsp3) is 0.375. The van der Waals surface area contributed by atoms with Gasteiger partial charge in [0, 0.05) is 18.2 Å². The molecule has 1 atom stereocenters. The number of benzene rings is 1. The summed E-state index contributed by atoms with van der Waals surface area (Å²) in [6.07, 6.45) is 4.82. The highest BCUT2D eigenvalue weighted by atomic mass is 16.5. The van der Waals surface area contributed by atoms with Gasteiger partial charge in [-0.3, -0.25) is 4.90 Å². The Bertz CT molecular complexity index is 520. The molecule has 1 aliphatic heterocycles. The van der Waals surface area contributed by atoms with Gasteiger partial charge in [-0.1, -0.05) is 30.4 Å². The Labute approximate surface area is 114 Å². The van der Waals surface area contributed by atoms with E-state index in [1.54, 1.807) is 13.2 Å². The fourth-order valence-electron chi connectivity index (χ4n) is 2.78. The van der Waals surface area contributed by atoms with Crippen molar-refractivity contribution in [1.82, 2.24) is 4.90 Å². The number of phenolic OH excluding ortho intramolecular Hbond substituents is 1. The quantitative estimate of drug-likeness (QED) is 0.847. The van der Waals surface area contributed by atoms with E-state index in [0.29, 0.717) is 11.8 Å². The summed E-state index contributed by atoms with van der Waals surface area (Å²) >= 11 is 0. The zero-order valence-electron chi connectivity index (χ0n) is 11.8. The lowest BCUT2D eigenvalue weighted by Crippen LogP contribution is -2.38. The van der Waals surface area contributed by atoms with Crippen LogP contribution in [-0.2, 0) is 13.0 Å². The van der Waals surface area contributed by atoms with Crippen LogP contribution >= 0.6 is 0 Å². The Morgan fingerprint density at radius 1 is 1.53 bits per heavy atom. The molecule has 1 aliphatic rings. The lowest BCUT2D eigenvalue weighted by Gasteiger charge is -2.35. The lowest BCUT2D eigenvalue weighted by atomic mass is 9.90. The highest BCUT2D eigenvalue weighted by Gasteiger charge is 2.27. The zero-order chi connectivity index (χ0) is 14.0. The summed E-state index contributed by atoms with van der Waals surface area (Å²) in [6, 6.07) is 4.08. The maximum absolute atomic E-state index is 9.84. The van der Waals surface area contributed by atoms with Crippen LogP contribution in [0.5, 0.6) is 11.5 Å². The van der Waals surface area contributed by atoms with E-state index in [0.717, 1.165) is 18.5 Å². The minimum Gasteiger partial charge on any atom is -0.504 e. The molecule has 0 bridgehead atoms. The van der Waals surface area contributed by atoms with Crippen LogP contribution in [0, 0.1) is 0 Å². The molecule has 0 aliphatic carbocycles. The van der Waals surface area contributed by atoms with Crippen LogP contribution in [0.2, 0.25) is 0 Å². The van der Waals surface area contributed by atoms with Gasteiger partial charge in [-0.25, -0.2) is 0 Å². The molecular weight excluding hydrogens is 238 g/mol. The SMILES string of the molecule is C=C/C=C(\C)[C@@H]1Cc2ccc(O)c(OC)c2CN1C. The maximum atomic E-state index is 9.84. The number of hydrogen-bond donors (Lipinski definition) is 1. The summed E-state index contributed by atoms with van der Waals surface area (Å²) in [5.74, 6) is 0.819. The number of ether oxygens (including phenoxy) is 1. The molecule has 2 rings (SSSR count). The van der Waals surface area contributed by atoms with Gasteiger partial charge < -0.3 is 9.84 Å². The Morgan fingerprint density at radius 2 is 2.26 bits per heavy atom. The van der Waals surface area contributed by atoms with E-state index in [-0.39, 0.29) is 5.75 Å². The summed E-state index contributed by atoms with van der Waals surface area (Å²) in [5, 5.41) is 9.84. The Morgan fingerprint density at radius 3 is 2.89 bits per heavy atom. The van der Waals surface area contributed by atoms with Crippen molar-refractivity contribution in [3.63, 3.8) is 0 Å². The van der Waals surface area contributed by atoms with Crippen molar-refractivity contribution < 1.29 is 9.84 Å². The van der Waals surface area contributed by atoms with Gasteiger partial charge in [0.2, 0.25) is 0 Å². The van der Waals surface area contributed by atoms with E-state index in [4.69, 9.17) is 4.74 Å². The summed E-state index contributed by atoms with van der Waals surface area (Å²) < 4.78 is 5.33. The van der Waals surface area contributed by atoms with Gasteiger partial charge in [0.25, 0.3) is 0 Å².